The molecule has 1 saturated carbocycles. The highest BCUT2D eigenvalue weighted by Crippen LogP contribution is 2.27. The minimum absolute atomic E-state index is 0.175. The summed E-state index contributed by atoms with van der Waals surface area (Å²) in [4.78, 5) is 39.7. The quantitative estimate of drug-likeness (QED) is 0.534. The van der Waals surface area contributed by atoms with E-state index in [1.165, 1.54) is 4.90 Å². The Labute approximate surface area is 173 Å². The van der Waals surface area contributed by atoms with Crippen molar-refractivity contribution in [3.05, 3.63) is 41.5 Å². The summed E-state index contributed by atoms with van der Waals surface area (Å²) in [5.74, 6) is -1.39. The SMILES string of the molecule is C/C(=C\c1ccccc1)COC(=O)C1CCCCN1C(=O)C(=O)C1CCCCC1. The molecule has 1 amide bonds. The average molecular weight is 398 g/mol. The van der Waals surface area contributed by atoms with Crippen LogP contribution in [0.25, 0.3) is 6.08 Å². The highest BCUT2D eigenvalue weighted by atomic mass is 16.5. The molecule has 1 heterocycles. The zero-order valence-electron chi connectivity index (χ0n) is 17.3. The van der Waals surface area contributed by atoms with Crippen molar-refractivity contribution in [2.24, 2.45) is 5.92 Å². The van der Waals surface area contributed by atoms with Crippen LogP contribution < -0.4 is 0 Å². The molecule has 0 spiro atoms. The van der Waals surface area contributed by atoms with Gasteiger partial charge in [-0.05, 0) is 50.2 Å². The number of hydrogen-bond acceptors (Lipinski definition) is 4. The average Bonchev–Trinajstić information content (AvgIpc) is 2.77. The summed E-state index contributed by atoms with van der Waals surface area (Å²) in [7, 11) is 0. The lowest BCUT2D eigenvalue weighted by molar-refractivity contribution is -0.159. The molecule has 3 rings (SSSR count). The van der Waals surface area contributed by atoms with Crippen LogP contribution in [-0.4, -0.2) is 41.8 Å². The van der Waals surface area contributed by atoms with Gasteiger partial charge in [-0.2, -0.15) is 0 Å². The zero-order chi connectivity index (χ0) is 20.6. The molecular weight excluding hydrogens is 366 g/mol. The Hall–Kier alpha value is -2.43. The van der Waals surface area contributed by atoms with Crippen LogP contribution in [0.1, 0.15) is 63.9 Å². The molecule has 0 N–H and O–H groups in total. The maximum atomic E-state index is 12.8. The first kappa shape index (κ1) is 21.3. The Bertz CT molecular complexity index is 749. The Kier molecular flexibility index (Phi) is 7.62. The first-order chi connectivity index (χ1) is 14.1. The summed E-state index contributed by atoms with van der Waals surface area (Å²) >= 11 is 0. The molecule has 2 aliphatic rings. The maximum Gasteiger partial charge on any atom is 0.329 e. The van der Waals surface area contributed by atoms with Gasteiger partial charge in [0.15, 0.2) is 0 Å². The van der Waals surface area contributed by atoms with E-state index in [0.29, 0.717) is 13.0 Å². The van der Waals surface area contributed by atoms with E-state index in [-0.39, 0.29) is 18.3 Å². The van der Waals surface area contributed by atoms with Crippen molar-refractivity contribution in [3.8, 4) is 0 Å². The molecule has 29 heavy (non-hydrogen) atoms. The molecule has 0 aromatic heterocycles. The van der Waals surface area contributed by atoms with Gasteiger partial charge in [0, 0.05) is 12.5 Å². The Balaban J connectivity index is 1.59. The van der Waals surface area contributed by atoms with Crippen molar-refractivity contribution < 1.29 is 19.1 Å². The summed E-state index contributed by atoms with van der Waals surface area (Å²) in [6.45, 7) is 2.55. The molecule has 2 fully saturated rings. The van der Waals surface area contributed by atoms with E-state index in [9.17, 15) is 14.4 Å². The number of ether oxygens (including phenoxy) is 1. The fourth-order valence-corrected chi connectivity index (χ4v) is 4.26. The number of ketones is 1. The molecule has 5 heteroatoms. The number of benzene rings is 1. The third-order valence-corrected chi connectivity index (χ3v) is 5.88. The van der Waals surface area contributed by atoms with Gasteiger partial charge in [-0.15, -0.1) is 0 Å². The van der Waals surface area contributed by atoms with Crippen molar-refractivity contribution >= 4 is 23.7 Å². The molecule has 1 aromatic carbocycles. The molecular formula is C24H31NO4. The lowest BCUT2D eigenvalue weighted by Gasteiger charge is -2.34. The van der Waals surface area contributed by atoms with E-state index in [0.717, 1.165) is 56.1 Å². The summed E-state index contributed by atoms with van der Waals surface area (Å²) in [5, 5.41) is 0. The number of nitrogens with zero attached hydrogens (tertiary/aromatic N) is 1. The lowest BCUT2D eigenvalue weighted by Crippen LogP contribution is -2.52. The Morgan fingerprint density at radius 3 is 2.41 bits per heavy atom. The van der Waals surface area contributed by atoms with Crippen molar-refractivity contribution in [2.75, 3.05) is 13.2 Å². The topological polar surface area (TPSA) is 63.7 Å². The molecule has 1 saturated heterocycles. The predicted octanol–water partition coefficient (Wildman–Crippen LogP) is 4.16. The van der Waals surface area contributed by atoms with E-state index in [1.807, 2.05) is 43.3 Å². The molecule has 1 aliphatic carbocycles. The van der Waals surface area contributed by atoms with Gasteiger partial charge in [0.2, 0.25) is 5.78 Å². The zero-order valence-corrected chi connectivity index (χ0v) is 17.3. The molecule has 0 bridgehead atoms. The second-order valence-corrected chi connectivity index (χ2v) is 8.22. The standard InChI is InChI=1S/C24H31NO4/c1-18(16-19-10-4-2-5-11-19)17-29-24(28)21-14-8-9-15-25(21)23(27)22(26)20-12-6-3-7-13-20/h2,4-5,10-11,16,20-21H,3,6-9,12-15,17H2,1H3/b18-16+. The normalized spacial score (nSPS) is 20.9. The maximum absolute atomic E-state index is 12.8. The first-order valence-electron chi connectivity index (χ1n) is 10.8. The first-order valence-corrected chi connectivity index (χ1v) is 10.8. The second kappa shape index (κ2) is 10.4. The Morgan fingerprint density at radius 2 is 1.69 bits per heavy atom. The number of piperidine rings is 1. The highest BCUT2D eigenvalue weighted by molar-refractivity contribution is 6.37. The van der Waals surface area contributed by atoms with Crippen LogP contribution in [0.5, 0.6) is 0 Å². The van der Waals surface area contributed by atoms with Gasteiger partial charge in [0.25, 0.3) is 5.91 Å². The summed E-state index contributed by atoms with van der Waals surface area (Å²) in [6, 6.07) is 9.21. The summed E-state index contributed by atoms with van der Waals surface area (Å²) < 4.78 is 5.51. The number of carbonyl (C=O) groups excluding carboxylic acids is 3. The minimum Gasteiger partial charge on any atom is -0.460 e. The second-order valence-electron chi connectivity index (χ2n) is 8.22. The number of amides is 1. The monoisotopic (exact) mass is 397 g/mol. The van der Waals surface area contributed by atoms with Crippen LogP contribution in [-0.2, 0) is 19.1 Å². The van der Waals surface area contributed by atoms with Crippen molar-refractivity contribution in [3.63, 3.8) is 0 Å². The van der Waals surface area contributed by atoms with E-state index in [4.69, 9.17) is 4.74 Å². The molecule has 1 atom stereocenters. The largest absolute Gasteiger partial charge is 0.460 e. The van der Waals surface area contributed by atoms with E-state index >= 15 is 0 Å². The van der Waals surface area contributed by atoms with Gasteiger partial charge < -0.3 is 9.64 Å². The molecule has 5 nitrogen and oxygen atoms in total. The minimum atomic E-state index is -0.645. The van der Waals surface area contributed by atoms with E-state index in [1.54, 1.807) is 0 Å². The van der Waals surface area contributed by atoms with Gasteiger partial charge in [-0.3, -0.25) is 9.59 Å². The molecule has 1 unspecified atom stereocenters. The van der Waals surface area contributed by atoms with Gasteiger partial charge in [-0.25, -0.2) is 4.79 Å². The third-order valence-electron chi connectivity index (χ3n) is 5.88. The number of carbonyl (C=O) groups is 3. The van der Waals surface area contributed by atoms with Crippen LogP contribution in [0.4, 0.5) is 0 Å². The number of likely N-dealkylation sites (tertiary alicyclic amines) is 1. The third kappa shape index (κ3) is 5.78. The summed E-state index contributed by atoms with van der Waals surface area (Å²) in [6.07, 6.45) is 8.93. The molecule has 1 aliphatic heterocycles. The van der Waals surface area contributed by atoms with Gasteiger partial charge in [-0.1, -0.05) is 55.7 Å². The van der Waals surface area contributed by atoms with Crippen LogP contribution in [0, 0.1) is 5.92 Å². The van der Waals surface area contributed by atoms with E-state index in [2.05, 4.69) is 0 Å². The van der Waals surface area contributed by atoms with Gasteiger partial charge >= 0.3 is 5.97 Å². The molecule has 1 aromatic rings. The highest BCUT2D eigenvalue weighted by Gasteiger charge is 2.38. The van der Waals surface area contributed by atoms with Crippen molar-refractivity contribution in [1.29, 1.82) is 0 Å². The smallest absolute Gasteiger partial charge is 0.329 e. The molecule has 0 radical (unpaired) electrons. The van der Waals surface area contributed by atoms with E-state index < -0.39 is 17.9 Å². The number of rotatable bonds is 6. The number of esters is 1. The summed E-state index contributed by atoms with van der Waals surface area (Å²) in [5.41, 5.74) is 1.98. The van der Waals surface area contributed by atoms with Crippen LogP contribution in [0.3, 0.4) is 0 Å². The van der Waals surface area contributed by atoms with Crippen LogP contribution in [0.2, 0.25) is 0 Å². The number of hydrogen-bond donors (Lipinski definition) is 0. The van der Waals surface area contributed by atoms with Gasteiger partial charge in [0.05, 0.1) is 0 Å². The van der Waals surface area contributed by atoms with Crippen LogP contribution in [0.15, 0.2) is 35.9 Å². The van der Waals surface area contributed by atoms with Crippen LogP contribution >= 0.6 is 0 Å². The lowest BCUT2D eigenvalue weighted by atomic mass is 9.85. The van der Waals surface area contributed by atoms with Crippen molar-refractivity contribution in [2.45, 2.75) is 64.3 Å². The van der Waals surface area contributed by atoms with Gasteiger partial charge in [0.1, 0.15) is 12.6 Å². The van der Waals surface area contributed by atoms with Crippen molar-refractivity contribution in [1.82, 2.24) is 4.90 Å². The number of Topliss-reactive ketones (excluding diaryl/α,β-unsaturated/α-hetero) is 1. The fourth-order valence-electron chi connectivity index (χ4n) is 4.26. The Morgan fingerprint density at radius 1 is 1.00 bits per heavy atom. The fraction of sp³-hybridized carbons (Fsp3) is 0.542. The predicted molar refractivity (Wildman–Crippen MR) is 112 cm³/mol. The molecule has 156 valence electrons.